The van der Waals surface area contributed by atoms with E-state index in [4.69, 9.17) is 18.9 Å². The molecule has 0 spiro atoms. The van der Waals surface area contributed by atoms with Gasteiger partial charge >= 0.3 is 0 Å². The average Bonchev–Trinajstić information content (AvgIpc) is 2.95. The van der Waals surface area contributed by atoms with E-state index in [1.165, 1.54) is 6.92 Å². The smallest absolute Gasteiger partial charge is 0.222 e. The van der Waals surface area contributed by atoms with Gasteiger partial charge in [0.2, 0.25) is 5.91 Å². The van der Waals surface area contributed by atoms with Gasteiger partial charge in [0.05, 0.1) is 24.7 Å². The van der Waals surface area contributed by atoms with E-state index in [9.17, 15) is 30.3 Å². The van der Waals surface area contributed by atoms with Crippen LogP contribution in [0, 0.1) is 5.92 Å². The molecule has 0 saturated carbocycles. The van der Waals surface area contributed by atoms with Crippen LogP contribution >= 0.6 is 0 Å². The minimum atomic E-state index is -1.61. The zero-order valence-corrected chi connectivity index (χ0v) is 25.7. The number of aliphatic hydroxyl groups is 5. The molecule has 2 saturated heterocycles. The number of aliphatic hydroxyl groups excluding tert-OH is 5. The number of ether oxygens (including phenoxy) is 4. The van der Waals surface area contributed by atoms with Crippen molar-refractivity contribution in [2.24, 2.45) is 5.92 Å². The molecule has 11 heteroatoms. The van der Waals surface area contributed by atoms with E-state index in [0.29, 0.717) is 18.9 Å². The fourth-order valence-corrected chi connectivity index (χ4v) is 5.40. The third-order valence-corrected chi connectivity index (χ3v) is 8.38. The van der Waals surface area contributed by atoms with Crippen molar-refractivity contribution in [1.82, 2.24) is 5.32 Å². The number of nitrogens with one attached hydrogen (secondary N) is 1. The lowest BCUT2D eigenvalue weighted by Gasteiger charge is -2.46. The number of rotatable bonds is 18. The van der Waals surface area contributed by atoms with Crippen molar-refractivity contribution in [3.05, 3.63) is 0 Å². The molecule has 2 heterocycles. The van der Waals surface area contributed by atoms with Crippen LogP contribution in [-0.2, 0) is 23.7 Å². The lowest BCUT2D eigenvalue weighted by molar-refractivity contribution is -0.366. The van der Waals surface area contributed by atoms with Gasteiger partial charge in [0.1, 0.15) is 36.6 Å². The molecule has 0 aliphatic carbocycles. The number of carbonyl (C=O) groups is 1. The zero-order valence-electron chi connectivity index (χ0n) is 25.7. The van der Waals surface area contributed by atoms with E-state index in [-0.39, 0.29) is 12.3 Å². The first-order valence-corrected chi connectivity index (χ1v) is 15.8. The largest absolute Gasteiger partial charge is 0.388 e. The lowest BCUT2D eigenvalue weighted by Crippen LogP contribution is -2.63. The summed E-state index contributed by atoms with van der Waals surface area (Å²) in [7, 11) is 0. The molecule has 11 nitrogen and oxygen atoms in total. The molecule has 0 aromatic rings. The second kappa shape index (κ2) is 18.7. The highest BCUT2D eigenvalue weighted by molar-refractivity contribution is 5.76. The second-order valence-corrected chi connectivity index (χ2v) is 11.9. The molecule has 2 rings (SSSR count). The second-order valence-electron chi connectivity index (χ2n) is 11.9. The summed E-state index contributed by atoms with van der Waals surface area (Å²) < 4.78 is 23.6. The minimum absolute atomic E-state index is 0.0993. The Morgan fingerprint density at radius 2 is 1.37 bits per heavy atom. The quantitative estimate of drug-likeness (QED) is 0.130. The molecule has 6 N–H and O–H groups in total. The molecule has 242 valence electrons. The molecule has 2 aliphatic rings. The molecule has 0 aromatic carbocycles. The molecular weight excluding hydrogens is 534 g/mol. The van der Waals surface area contributed by atoms with E-state index in [1.807, 2.05) is 0 Å². The third-order valence-electron chi connectivity index (χ3n) is 8.38. The van der Waals surface area contributed by atoms with Gasteiger partial charge in [-0.15, -0.1) is 0 Å². The molecule has 41 heavy (non-hydrogen) atoms. The average molecular weight is 592 g/mol. The molecule has 2 fully saturated rings. The fraction of sp³-hybridized carbons (Fsp3) is 0.967. The van der Waals surface area contributed by atoms with Crippen LogP contribution in [0.15, 0.2) is 0 Å². The van der Waals surface area contributed by atoms with E-state index >= 15 is 0 Å². The van der Waals surface area contributed by atoms with Crippen molar-refractivity contribution in [3.8, 4) is 0 Å². The number of amides is 1. The van der Waals surface area contributed by atoms with Crippen molar-refractivity contribution >= 4 is 5.91 Å². The molecule has 0 aromatic heterocycles. The van der Waals surface area contributed by atoms with Crippen LogP contribution in [0.4, 0.5) is 0 Å². The summed E-state index contributed by atoms with van der Waals surface area (Å²) in [6.07, 6.45) is -3.13. The fourth-order valence-electron chi connectivity index (χ4n) is 5.40. The summed E-state index contributed by atoms with van der Waals surface area (Å²) in [4.78, 5) is 13.0. The van der Waals surface area contributed by atoms with Crippen molar-refractivity contribution in [1.29, 1.82) is 0 Å². The van der Waals surface area contributed by atoms with Crippen LogP contribution in [0.5, 0.6) is 0 Å². The highest BCUT2D eigenvalue weighted by atomic mass is 16.8. The Kier molecular flexibility index (Phi) is 16.6. The summed E-state index contributed by atoms with van der Waals surface area (Å²) in [5.41, 5.74) is 0. The third kappa shape index (κ3) is 11.3. The van der Waals surface area contributed by atoms with Gasteiger partial charge in [-0.3, -0.25) is 4.79 Å². The van der Waals surface area contributed by atoms with Crippen molar-refractivity contribution in [2.45, 2.75) is 173 Å². The maximum absolute atomic E-state index is 13.0. The van der Waals surface area contributed by atoms with Gasteiger partial charge in [-0.1, -0.05) is 72.1 Å². The Bertz CT molecular complexity index is 729. The van der Waals surface area contributed by atoms with Gasteiger partial charge in [0.15, 0.2) is 12.6 Å². The SMILES string of the molecule is CCCCCCCC(CC(=O)NCC(CC)CCCC)O[C@@H]1O[C@@H](C)[C@H](O)[C@@H](O)[C@H]1O[C@@H]1O[C@@H](C)[C@H](O)[C@@H](O)[C@H]1O. The van der Waals surface area contributed by atoms with Gasteiger partial charge < -0.3 is 49.8 Å². The molecule has 12 atom stereocenters. The monoisotopic (exact) mass is 591 g/mol. The van der Waals surface area contributed by atoms with E-state index in [2.05, 4.69) is 26.1 Å². The van der Waals surface area contributed by atoms with Crippen molar-refractivity contribution in [2.75, 3.05) is 6.54 Å². The Hall–Kier alpha value is -0.890. The Morgan fingerprint density at radius 1 is 0.756 bits per heavy atom. The maximum Gasteiger partial charge on any atom is 0.222 e. The first kappa shape index (κ1) is 36.3. The summed E-state index contributed by atoms with van der Waals surface area (Å²) in [5.74, 6) is 0.292. The van der Waals surface area contributed by atoms with E-state index in [1.54, 1.807) is 6.92 Å². The number of unbranched alkanes of at least 4 members (excludes halogenated alkanes) is 5. The van der Waals surface area contributed by atoms with Gasteiger partial charge in [-0.05, 0) is 32.6 Å². The number of hydrogen-bond donors (Lipinski definition) is 6. The Labute approximate surface area is 245 Å². The van der Waals surface area contributed by atoms with Gasteiger partial charge in [0.25, 0.3) is 0 Å². The zero-order chi connectivity index (χ0) is 30.5. The van der Waals surface area contributed by atoms with Gasteiger partial charge in [-0.2, -0.15) is 0 Å². The maximum atomic E-state index is 13.0. The molecule has 2 unspecified atom stereocenters. The van der Waals surface area contributed by atoms with Crippen LogP contribution in [-0.4, -0.2) is 106 Å². The first-order chi connectivity index (χ1) is 19.5. The molecular formula is C30H57NO10. The van der Waals surface area contributed by atoms with E-state index < -0.39 is 67.5 Å². The van der Waals surface area contributed by atoms with Crippen LogP contribution in [0.3, 0.4) is 0 Å². The molecule has 0 radical (unpaired) electrons. The predicted molar refractivity (Wildman–Crippen MR) is 153 cm³/mol. The lowest BCUT2D eigenvalue weighted by atomic mass is 9.97. The minimum Gasteiger partial charge on any atom is -0.388 e. The number of carbonyl (C=O) groups excluding carboxylic acids is 1. The van der Waals surface area contributed by atoms with Crippen molar-refractivity contribution < 1.29 is 49.3 Å². The van der Waals surface area contributed by atoms with Crippen LogP contribution < -0.4 is 5.32 Å². The van der Waals surface area contributed by atoms with Crippen molar-refractivity contribution in [3.63, 3.8) is 0 Å². The molecule has 0 bridgehead atoms. The highest BCUT2D eigenvalue weighted by Crippen LogP contribution is 2.31. The molecule has 2 aliphatic heterocycles. The molecule has 1 amide bonds. The predicted octanol–water partition coefficient (Wildman–Crippen LogP) is 2.13. The standard InChI is InChI=1S/C30H57NO10/c1-6-9-11-12-13-15-21(16-22(32)31-17-20(8-3)14-10-7-2)40-30-28(26(36)24(34)19(5)39-30)41-29-27(37)25(35)23(33)18(4)38-29/h18-21,23-30,33-37H,6-17H2,1-5H3,(H,31,32)/t18-,19-,20?,21?,23-,24-,25+,26+,27+,28+,29-,30-/m0/s1. The van der Waals surface area contributed by atoms with Crippen LogP contribution in [0.2, 0.25) is 0 Å². The van der Waals surface area contributed by atoms with E-state index in [0.717, 1.165) is 57.8 Å². The number of hydrogen-bond acceptors (Lipinski definition) is 10. The van der Waals surface area contributed by atoms with Crippen LogP contribution in [0.1, 0.15) is 105 Å². The Balaban J connectivity index is 2.13. The van der Waals surface area contributed by atoms with Gasteiger partial charge in [0, 0.05) is 6.54 Å². The first-order valence-electron chi connectivity index (χ1n) is 15.8. The summed E-state index contributed by atoms with van der Waals surface area (Å²) in [6.45, 7) is 10.2. The van der Waals surface area contributed by atoms with Gasteiger partial charge in [-0.25, -0.2) is 0 Å². The summed E-state index contributed by atoms with van der Waals surface area (Å²) in [5, 5.41) is 55.2. The summed E-state index contributed by atoms with van der Waals surface area (Å²) >= 11 is 0. The topological polar surface area (TPSA) is 167 Å². The normalized spacial score (nSPS) is 35.7. The highest BCUT2D eigenvalue weighted by Gasteiger charge is 2.50. The Morgan fingerprint density at radius 3 is 2.00 bits per heavy atom. The van der Waals surface area contributed by atoms with Crippen LogP contribution in [0.25, 0.3) is 0 Å². The summed E-state index contributed by atoms with van der Waals surface area (Å²) in [6, 6.07) is 0.